The Bertz CT molecular complexity index is 280. The predicted molar refractivity (Wildman–Crippen MR) is 58.4 cm³/mol. The van der Waals surface area contributed by atoms with Crippen LogP contribution in [0.25, 0.3) is 0 Å². The molecule has 0 radical (unpaired) electrons. The summed E-state index contributed by atoms with van der Waals surface area (Å²) in [4.78, 5) is 1.21. The van der Waals surface area contributed by atoms with E-state index < -0.39 is 0 Å². The zero-order chi connectivity index (χ0) is 9.14. The summed E-state index contributed by atoms with van der Waals surface area (Å²) >= 11 is 5.14. The third kappa shape index (κ3) is 2.44. The minimum absolute atomic E-state index is 0.0943. The van der Waals surface area contributed by atoms with Crippen molar-refractivity contribution in [3.8, 4) is 0 Å². The van der Waals surface area contributed by atoms with E-state index >= 15 is 0 Å². The van der Waals surface area contributed by atoms with E-state index in [1.165, 1.54) is 4.88 Å². The third-order valence-corrected chi connectivity index (χ3v) is 3.55. The summed E-state index contributed by atoms with van der Waals surface area (Å²) in [6, 6.07) is 2.12. The van der Waals surface area contributed by atoms with Gasteiger partial charge in [-0.3, -0.25) is 0 Å². The summed E-state index contributed by atoms with van der Waals surface area (Å²) in [7, 11) is 0. The monoisotopic (exact) mass is 245 g/mol. The van der Waals surface area contributed by atoms with E-state index in [1.54, 1.807) is 11.3 Å². The molecule has 0 aliphatic carbocycles. The molecular formula is C9H12BrNS. The summed E-state index contributed by atoms with van der Waals surface area (Å²) in [5.41, 5.74) is 7.09. The van der Waals surface area contributed by atoms with Crippen molar-refractivity contribution in [1.82, 2.24) is 0 Å². The van der Waals surface area contributed by atoms with E-state index in [0.717, 1.165) is 16.5 Å². The van der Waals surface area contributed by atoms with Crippen LogP contribution in [0.4, 0.5) is 0 Å². The first-order valence-electron chi connectivity index (χ1n) is 3.74. The Labute approximate surface area is 85.4 Å². The lowest BCUT2D eigenvalue weighted by Crippen LogP contribution is -2.08. The molecule has 0 spiro atoms. The van der Waals surface area contributed by atoms with Crippen LogP contribution in [0, 0.1) is 0 Å². The maximum absolute atomic E-state index is 5.96. The molecule has 0 unspecified atom stereocenters. The van der Waals surface area contributed by atoms with Gasteiger partial charge in [-0.25, -0.2) is 0 Å². The SMILES string of the molecule is C=C(C)C[C@@H](N)c1sccc1Br. The van der Waals surface area contributed by atoms with Gasteiger partial charge in [-0.2, -0.15) is 0 Å². The molecule has 0 aliphatic heterocycles. The molecule has 1 aromatic heterocycles. The van der Waals surface area contributed by atoms with E-state index in [-0.39, 0.29) is 6.04 Å². The summed E-state index contributed by atoms with van der Waals surface area (Å²) in [5.74, 6) is 0. The minimum Gasteiger partial charge on any atom is -0.323 e. The molecule has 3 heteroatoms. The quantitative estimate of drug-likeness (QED) is 0.812. The van der Waals surface area contributed by atoms with Crippen LogP contribution in [-0.4, -0.2) is 0 Å². The van der Waals surface area contributed by atoms with Crippen molar-refractivity contribution in [2.45, 2.75) is 19.4 Å². The molecule has 0 saturated heterocycles. The fourth-order valence-electron chi connectivity index (χ4n) is 1.04. The van der Waals surface area contributed by atoms with Crippen LogP contribution < -0.4 is 5.73 Å². The lowest BCUT2D eigenvalue weighted by Gasteiger charge is -2.09. The van der Waals surface area contributed by atoms with E-state index in [0.29, 0.717) is 0 Å². The Morgan fingerprint density at radius 3 is 2.92 bits per heavy atom. The van der Waals surface area contributed by atoms with E-state index in [1.807, 2.05) is 18.4 Å². The van der Waals surface area contributed by atoms with Crippen LogP contribution in [0.2, 0.25) is 0 Å². The lowest BCUT2D eigenvalue weighted by molar-refractivity contribution is 0.728. The fourth-order valence-corrected chi connectivity index (χ4v) is 2.71. The Morgan fingerprint density at radius 1 is 1.83 bits per heavy atom. The Balaban J connectivity index is 2.71. The molecule has 0 bridgehead atoms. The van der Waals surface area contributed by atoms with Crippen molar-refractivity contribution >= 4 is 27.3 Å². The van der Waals surface area contributed by atoms with Crippen LogP contribution in [-0.2, 0) is 0 Å². The second-order valence-corrected chi connectivity index (χ2v) is 4.70. The second kappa shape index (κ2) is 4.21. The summed E-state index contributed by atoms with van der Waals surface area (Å²) in [6.45, 7) is 5.85. The third-order valence-electron chi connectivity index (χ3n) is 1.55. The molecule has 1 heterocycles. The highest BCUT2D eigenvalue weighted by Gasteiger charge is 2.10. The first-order chi connectivity index (χ1) is 5.61. The van der Waals surface area contributed by atoms with E-state index in [2.05, 4.69) is 22.5 Å². The molecule has 2 N–H and O–H groups in total. The number of thiophene rings is 1. The van der Waals surface area contributed by atoms with Crippen LogP contribution >= 0.6 is 27.3 Å². The number of nitrogens with two attached hydrogens (primary N) is 1. The molecule has 0 amide bonds. The summed E-state index contributed by atoms with van der Waals surface area (Å²) in [6.07, 6.45) is 0.860. The van der Waals surface area contributed by atoms with E-state index in [9.17, 15) is 0 Å². The largest absolute Gasteiger partial charge is 0.323 e. The second-order valence-electron chi connectivity index (χ2n) is 2.90. The smallest absolute Gasteiger partial charge is 0.0438 e. The van der Waals surface area contributed by atoms with Gasteiger partial charge in [0.2, 0.25) is 0 Å². The molecule has 1 aromatic rings. The average Bonchev–Trinajstić information content (AvgIpc) is 2.33. The van der Waals surface area contributed by atoms with Crippen molar-refractivity contribution in [3.63, 3.8) is 0 Å². The first kappa shape index (κ1) is 9.96. The van der Waals surface area contributed by atoms with Crippen LogP contribution in [0.1, 0.15) is 24.3 Å². The van der Waals surface area contributed by atoms with Crippen LogP contribution in [0.5, 0.6) is 0 Å². The molecule has 0 aromatic carbocycles. The maximum atomic E-state index is 5.96. The molecule has 1 rings (SSSR count). The molecule has 0 saturated carbocycles. The molecule has 0 fully saturated rings. The van der Waals surface area contributed by atoms with Crippen LogP contribution in [0.3, 0.4) is 0 Å². The van der Waals surface area contributed by atoms with Crippen molar-refractivity contribution < 1.29 is 0 Å². The molecule has 1 atom stereocenters. The number of hydrogen-bond donors (Lipinski definition) is 1. The van der Waals surface area contributed by atoms with Crippen molar-refractivity contribution in [1.29, 1.82) is 0 Å². The van der Waals surface area contributed by atoms with Gasteiger partial charge < -0.3 is 5.73 Å². The zero-order valence-corrected chi connectivity index (χ0v) is 9.41. The van der Waals surface area contributed by atoms with Gasteiger partial charge >= 0.3 is 0 Å². The van der Waals surface area contributed by atoms with Crippen molar-refractivity contribution in [3.05, 3.63) is 32.9 Å². The molecule has 12 heavy (non-hydrogen) atoms. The topological polar surface area (TPSA) is 26.0 Å². The zero-order valence-electron chi connectivity index (χ0n) is 7.01. The fraction of sp³-hybridized carbons (Fsp3) is 0.333. The number of hydrogen-bond acceptors (Lipinski definition) is 2. The van der Waals surface area contributed by atoms with Gasteiger partial charge in [0.15, 0.2) is 0 Å². The van der Waals surface area contributed by atoms with Gasteiger partial charge in [0.05, 0.1) is 0 Å². The number of halogens is 1. The van der Waals surface area contributed by atoms with Crippen LogP contribution in [0.15, 0.2) is 28.1 Å². The summed E-state index contributed by atoms with van der Waals surface area (Å²) in [5, 5.41) is 2.04. The van der Waals surface area contributed by atoms with Gasteiger partial charge in [-0.1, -0.05) is 5.57 Å². The van der Waals surface area contributed by atoms with Gasteiger partial charge in [-0.05, 0) is 40.7 Å². The van der Waals surface area contributed by atoms with Gasteiger partial charge in [0.25, 0.3) is 0 Å². The maximum Gasteiger partial charge on any atom is 0.0438 e. The lowest BCUT2D eigenvalue weighted by atomic mass is 10.1. The predicted octanol–water partition coefficient (Wildman–Crippen LogP) is 3.48. The van der Waals surface area contributed by atoms with Crippen molar-refractivity contribution in [2.24, 2.45) is 5.73 Å². The molecule has 66 valence electrons. The Kier molecular flexibility index (Phi) is 3.50. The highest BCUT2D eigenvalue weighted by Crippen LogP contribution is 2.30. The van der Waals surface area contributed by atoms with Gasteiger partial charge in [-0.15, -0.1) is 17.9 Å². The first-order valence-corrected chi connectivity index (χ1v) is 5.41. The Morgan fingerprint density at radius 2 is 2.50 bits per heavy atom. The van der Waals surface area contributed by atoms with Gasteiger partial charge in [0.1, 0.15) is 0 Å². The highest BCUT2D eigenvalue weighted by atomic mass is 79.9. The standard InChI is InChI=1S/C9H12BrNS/c1-6(2)5-8(11)9-7(10)3-4-12-9/h3-4,8H,1,5,11H2,2H3/t8-/m1/s1. The summed E-state index contributed by atoms with van der Waals surface area (Å²) < 4.78 is 1.11. The highest BCUT2D eigenvalue weighted by molar-refractivity contribution is 9.10. The molecule has 1 nitrogen and oxygen atoms in total. The molecule has 0 aliphatic rings. The normalized spacial score (nSPS) is 12.9. The molecular weight excluding hydrogens is 234 g/mol. The Hall–Kier alpha value is -0.120. The number of rotatable bonds is 3. The van der Waals surface area contributed by atoms with Crippen molar-refractivity contribution in [2.75, 3.05) is 0 Å². The average molecular weight is 246 g/mol. The van der Waals surface area contributed by atoms with E-state index in [4.69, 9.17) is 5.73 Å². The van der Waals surface area contributed by atoms with Gasteiger partial charge in [0, 0.05) is 15.4 Å². The minimum atomic E-state index is 0.0943.